The second-order valence-corrected chi connectivity index (χ2v) is 8.77. The number of ether oxygens (including phenoxy) is 1. The van der Waals surface area contributed by atoms with E-state index in [2.05, 4.69) is 20.2 Å². The summed E-state index contributed by atoms with van der Waals surface area (Å²) in [5, 5.41) is 10.8. The van der Waals surface area contributed by atoms with E-state index in [4.69, 9.17) is 13.6 Å². The van der Waals surface area contributed by atoms with Crippen LogP contribution < -0.4 is 10.3 Å². The molecule has 0 aliphatic heterocycles. The number of methoxy groups -OCH3 is 1. The number of H-pyrrole nitrogens is 1. The summed E-state index contributed by atoms with van der Waals surface area (Å²) in [6.45, 7) is 1.92. The summed E-state index contributed by atoms with van der Waals surface area (Å²) in [7, 11) is 1.61. The van der Waals surface area contributed by atoms with Crippen molar-refractivity contribution in [3.8, 4) is 28.5 Å². The van der Waals surface area contributed by atoms with Crippen LogP contribution in [0, 0.1) is 0 Å². The van der Waals surface area contributed by atoms with Gasteiger partial charge in [-0.2, -0.15) is 0 Å². The molecule has 0 saturated heterocycles. The van der Waals surface area contributed by atoms with Crippen molar-refractivity contribution < 1.29 is 13.6 Å². The monoisotopic (exact) mass is 452 g/mol. The molecule has 5 rings (SSSR count). The van der Waals surface area contributed by atoms with Crippen molar-refractivity contribution >= 4 is 33.3 Å². The largest absolute Gasteiger partial charge is 0.497 e. The molecule has 156 valence electrons. The van der Waals surface area contributed by atoms with E-state index in [-0.39, 0.29) is 10.8 Å². The number of benzene rings is 1. The lowest BCUT2D eigenvalue weighted by atomic mass is 10.2. The molecule has 1 aromatic carbocycles. The molecule has 0 fully saturated rings. The van der Waals surface area contributed by atoms with Crippen molar-refractivity contribution in [3.63, 3.8) is 0 Å². The normalized spacial score (nSPS) is 12.3. The Morgan fingerprint density at radius 1 is 1.19 bits per heavy atom. The molecule has 4 aromatic heterocycles. The Kier molecular flexibility index (Phi) is 5.08. The van der Waals surface area contributed by atoms with E-state index < -0.39 is 0 Å². The smallest absolute Gasteiger partial charge is 0.277 e. The van der Waals surface area contributed by atoms with Gasteiger partial charge in [0, 0.05) is 16.5 Å². The number of thioether (sulfide) groups is 1. The third-order valence-electron chi connectivity index (χ3n) is 4.65. The Morgan fingerprint density at radius 2 is 2.03 bits per heavy atom. The maximum atomic E-state index is 12.8. The summed E-state index contributed by atoms with van der Waals surface area (Å²) < 4.78 is 16.4. The van der Waals surface area contributed by atoms with Crippen LogP contribution in [0.25, 0.3) is 33.0 Å². The van der Waals surface area contributed by atoms with E-state index in [1.165, 1.54) is 23.1 Å². The van der Waals surface area contributed by atoms with E-state index in [1.807, 2.05) is 42.6 Å². The molecule has 0 aliphatic carbocycles. The van der Waals surface area contributed by atoms with Gasteiger partial charge in [-0.1, -0.05) is 11.8 Å². The lowest BCUT2D eigenvalue weighted by Gasteiger charge is -2.07. The first-order chi connectivity index (χ1) is 15.1. The molecular formula is C21H16N4O4S2. The van der Waals surface area contributed by atoms with Gasteiger partial charge in [0.1, 0.15) is 22.2 Å². The fourth-order valence-electron chi connectivity index (χ4n) is 3.09. The summed E-state index contributed by atoms with van der Waals surface area (Å²) in [5.74, 6) is 2.35. The first kappa shape index (κ1) is 19.6. The molecule has 0 radical (unpaired) electrons. The van der Waals surface area contributed by atoms with Crippen LogP contribution in [0.5, 0.6) is 5.75 Å². The maximum Gasteiger partial charge on any atom is 0.277 e. The number of hydrogen-bond donors (Lipinski definition) is 1. The predicted molar refractivity (Wildman–Crippen MR) is 119 cm³/mol. The van der Waals surface area contributed by atoms with Gasteiger partial charge in [-0.15, -0.1) is 21.5 Å². The molecule has 31 heavy (non-hydrogen) atoms. The fraction of sp³-hybridized carbons (Fsp3) is 0.143. The molecule has 0 spiro atoms. The standard InChI is InChI=1S/C21H16N4O4S2/c1-11(31-21-25-24-19(29-21)12-5-7-13(27-2)8-6-12)17-22-18(26)16-14(10-30-20(16)23-17)15-4-3-9-28-15/h3-11H,1-2H3,(H,22,23,26). The molecule has 10 heteroatoms. The van der Waals surface area contributed by atoms with Crippen LogP contribution in [-0.2, 0) is 0 Å². The molecular weight excluding hydrogens is 436 g/mol. The van der Waals surface area contributed by atoms with Gasteiger partial charge >= 0.3 is 0 Å². The number of aromatic nitrogens is 4. The van der Waals surface area contributed by atoms with Gasteiger partial charge in [0.2, 0.25) is 5.89 Å². The van der Waals surface area contributed by atoms with Gasteiger partial charge in [-0.25, -0.2) is 4.98 Å². The lowest BCUT2D eigenvalue weighted by Crippen LogP contribution is -2.12. The Morgan fingerprint density at radius 3 is 2.77 bits per heavy atom. The van der Waals surface area contributed by atoms with Crippen molar-refractivity contribution in [2.75, 3.05) is 7.11 Å². The number of thiophene rings is 1. The van der Waals surface area contributed by atoms with Crippen LogP contribution in [0.3, 0.4) is 0 Å². The predicted octanol–water partition coefficient (Wildman–Crippen LogP) is 5.16. The highest BCUT2D eigenvalue weighted by Gasteiger charge is 2.20. The van der Waals surface area contributed by atoms with Gasteiger partial charge in [0.25, 0.3) is 10.8 Å². The average Bonchev–Trinajstić information content (AvgIpc) is 3.54. The van der Waals surface area contributed by atoms with Gasteiger partial charge < -0.3 is 18.6 Å². The summed E-state index contributed by atoms with van der Waals surface area (Å²) in [6.07, 6.45) is 1.58. The molecule has 5 aromatic rings. The van der Waals surface area contributed by atoms with Crippen LogP contribution in [0.4, 0.5) is 0 Å². The molecule has 0 aliphatic rings. The van der Waals surface area contributed by atoms with Gasteiger partial charge in [0.05, 0.1) is 24.0 Å². The zero-order valence-electron chi connectivity index (χ0n) is 16.5. The maximum absolute atomic E-state index is 12.8. The quantitative estimate of drug-likeness (QED) is 0.352. The number of rotatable bonds is 6. The Bertz CT molecular complexity index is 1390. The van der Waals surface area contributed by atoms with Crippen LogP contribution in [0.2, 0.25) is 0 Å². The Balaban J connectivity index is 1.39. The number of hydrogen-bond acceptors (Lipinski definition) is 9. The van der Waals surface area contributed by atoms with Crippen LogP contribution in [0.1, 0.15) is 18.0 Å². The third-order valence-corrected chi connectivity index (χ3v) is 6.47. The topological polar surface area (TPSA) is 107 Å². The zero-order chi connectivity index (χ0) is 21.4. The minimum atomic E-state index is -0.204. The second kappa shape index (κ2) is 8.05. The molecule has 4 heterocycles. The summed E-state index contributed by atoms with van der Waals surface area (Å²) >= 11 is 2.74. The highest BCUT2D eigenvalue weighted by Crippen LogP contribution is 2.36. The summed E-state index contributed by atoms with van der Waals surface area (Å²) in [4.78, 5) is 21.0. The third kappa shape index (κ3) is 3.75. The number of furan rings is 1. The zero-order valence-corrected chi connectivity index (χ0v) is 18.1. The van der Waals surface area contributed by atoms with Crippen molar-refractivity contribution in [1.82, 2.24) is 20.2 Å². The van der Waals surface area contributed by atoms with Crippen molar-refractivity contribution in [3.05, 3.63) is 64.2 Å². The summed E-state index contributed by atoms with van der Waals surface area (Å²) in [5.41, 5.74) is 1.33. The lowest BCUT2D eigenvalue weighted by molar-refractivity contribution is 0.414. The first-order valence-electron chi connectivity index (χ1n) is 9.32. The Labute approximate surface area is 184 Å². The fourth-order valence-corrected chi connectivity index (χ4v) is 4.76. The molecule has 1 unspecified atom stereocenters. The van der Waals surface area contributed by atoms with Crippen LogP contribution >= 0.6 is 23.1 Å². The van der Waals surface area contributed by atoms with Gasteiger partial charge in [-0.3, -0.25) is 4.79 Å². The minimum absolute atomic E-state index is 0.199. The van der Waals surface area contributed by atoms with E-state index in [0.717, 1.165) is 16.9 Å². The van der Waals surface area contributed by atoms with Crippen molar-refractivity contribution in [1.29, 1.82) is 0 Å². The minimum Gasteiger partial charge on any atom is -0.497 e. The van der Waals surface area contributed by atoms with E-state index >= 15 is 0 Å². The van der Waals surface area contributed by atoms with E-state index in [9.17, 15) is 4.79 Å². The highest BCUT2D eigenvalue weighted by molar-refractivity contribution is 7.99. The number of nitrogens with one attached hydrogen (secondary N) is 1. The van der Waals surface area contributed by atoms with Crippen LogP contribution in [0.15, 0.2) is 66.9 Å². The van der Waals surface area contributed by atoms with Crippen molar-refractivity contribution in [2.24, 2.45) is 0 Å². The van der Waals surface area contributed by atoms with E-state index in [0.29, 0.717) is 32.9 Å². The highest BCUT2D eigenvalue weighted by atomic mass is 32.2. The van der Waals surface area contributed by atoms with E-state index in [1.54, 1.807) is 19.4 Å². The summed E-state index contributed by atoms with van der Waals surface area (Å²) in [6, 6.07) is 11.0. The molecule has 0 saturated carbocycles. The van der Waals surface area contributed by atoms with Gasteiger partial charge in [0.15, 0.2) is 0 Å². The SMILES string of the molecule is COc1ccc(-c2nnc(SC(C)c3nc4scc(-c5ccco5)c4c(=O)[nH]3)o2)cc1. The first-order valence-corrected chi connectivity index (χ1v) is 11.1. The molecule has 1 atom stereocenters. The molecule has 1 N–H and O–H groups in total. The van der Waals surface area contributed by atoms with Crippen molar-refractivity contribution in [2.45, 2.75) is 17.4 Å². The Hall–Kier alpha value is -3.37. The molecule has 0 amide bonds. The molecule has 8 nitrogen and oxygen atoms in total. The number of nitrogens with zero attached hydrogens (tertiary/aromatic N) is 3. The van der Waals surface area contributed by atoms with Gasteiger partial charge in [-0.05, 0) is 43.3 Å². The number of fused-ring (bicyclic) bond motifs is 1. The average molecular weight is 453 g/mol. The molecule has 0 bridgehead atoms. The van der Waals surface area contributed by atoms with Crippen LogP contribution in [-0.4, -0.2) is 27.3 Å². The number of aromatic amines is 1. The second-order valence-electron chi connectivity index (χ2n) is 6.62.